The van der Waals surface area contributed by atoms with Crippen molar-refractivity contribution >= 4 is 27.9 Å². The maximum absolute atomic E-state index is 12.7. The number of ether oxygens (including phenoxy) is 1. The minimum Gasteiger partial charge on any atom is -0.447 e. The average Bonchev–Trinajstić information content (AvgIpc) is 2.77. The van der Waals surface area contributed by atoms with E-state index in [0.29, 0.717) is 18.6 Å². The van der Waals surface area contributed by atoms with Gasteiger partial charge in [0.05, 0.1) is 6.04 Å². The van der Waals surface area contributed by atoms with E-state index in [1.807, 2.05) is 30.3 Å². The first kappa shape index (κ1) is 15.6. The molecule has 0 N–H and O–H groups in total. The van der Waals surface area contributed by atoms with Gasteiger partial charge in [0.2, 0.25) is 0 Å². The first-order valence-corrected chi connectivity index (χ1v) is 6.96. The number of imide groups is 1. The molecular formula is C14H12BrF2NO3. The molecule has 0 aliphatic carbocycles. The Balaban J connectivity index is 2.10. The molecule has 0 radical (unpaired) electrons. The Labute approximate surface area is 128 Å². The molecular weight excluding hydrogens is 348 g/mol. The van der Waals surface area contributed by atoms with Gasteiger partial charge in [0, 0.05) is 12.2 Å². The van der Waals surface area contributed by atoms with Gasteiger partial charge in [-0.25, -0.2) is 9.69 Å². The van der Waals surface area contributed by atoms with E-state index in [-0.39, 0.29) is 6.61 Å². The van der Waals surface area contributed by atoms with Crippen LogP contribution in [0.15, 0.2) is 42.5 Å². The lowest BCUT2D eigenvalue weighted by molar-refractivity contribution is -0.124. The summed E-state index contributed by atoms with van der Waals surface area (Å²) in [6, 6.07) is 8.74. The first-order valence-electron chi connectivity index (χ1n) is 6.16. The molecule has 1 fully saturated rings. The quantitative estimate of drug-likeness (QED) is 0.612. The summed E-state index contributed by atoms with van der Waals surface area (Å²) < 4.78 is 30.1. The smallest absolute Gasteiger partial charge is 0.417 e. The molecule has 1 atom stereocenters. The van der Waals surface area contributed by atoms with Crippen molar-refractivity contribution in [1.82, 2.24) is 4.90 Å². The van der Waals surface area contributed by atoms with E-state index in [4.69, 9.17) is 4.74 Å². The lowest BCUT2D eigenvalue weighted by Gasteiger charge is -2.18. The van der Waals surface area contributed by atoms with E-state index in [1.54, 1.807) is 0 Å². The monoisotopic (exact) mass is 359 g/mol. The molecule has 1 heterocycles. The topological polar surface area (TPSA) is 46.6 Å². The largest absolute Gasteiger partial charge is 0.447 e. The predicted molar refractivity (Wildman–Crippen MR) is 75.1 cm³/mol. The van der Waals surface area contributed by atoms with E-state index < -0.39 is 22.9 Å². The number of amides is 2. The molecule has 1 aromatic carbocycles. The molecule has 2 amide bonds. The van der Waals surface area contributed by atoms with Crippen molar-refractivity contribution < 1.29 is 23.1 Å². The number of carbonyl (C=O) groups excluding carboxylic acids is 2. The number of hydrogen-bond acceptors (Lipinski definition) is 3. The van der Waals surface area contributed by atoms with Gasteiger partial charge >= 0.3 is 10.9 Å². The number of benzene rings is 1. The Morgan fingerprint density at radius 1 is 1.43 bits per heavy atom. The van der Waals surface area contributed by atoms with Crippen molar-refractivity contribution in [3.8, 4) is 0 Å². The Morgan fingerprint density at radius 3 is 2.71 bits per heavy atom. The van der Waals surface area contributed by atoms with Crippen LogP contribution in [0.5, 0.6) is 0 Å². The third kappa shape index (κ3) is 4.35. The fourth-order valence-corrected chi connectivity index (χ4v) is 2.15. The summed E-state index contributed by atoms with van der Waals surface area (Å²) in [6.07, 6.45) is 0.653. The molecule has 1 saturated heterocycles. The number of alkyl halides is 3. The maximum atomic E-state index is 12.7. The van der Waals surface area contributed by atoms with E-state index in [2.05, 4.69) is 15.9 Å². The summed E-state index contributed by atoms with van der Waals surface area (Å²) in [6.45, 7) is 0.0536. The van der Waals surface area contributed by atoms with Crippen LogP contribution in [0.3, 0.4) is 0 Å². The Hall–Kier alpha value is -1.76. The molecule has 4 nitrogen and oxygen atoms in total. The third-order valence-corrected chi connectivity index (χ3v) is 3.19. The lowest BCUT2D eigenvalue weighted by Crippen LogP contribution is -2.39. The predicted octanol–water partition coefficient (Wildman–Crippen LogP) is 3.12. The number of rotatable bonds is 4. The molecule has 7 heteroatoms. The minimum absolute atomic E-state index is 0.0536. The van der Waals surface area contributed by atoms with Crippen LogP contribution in [0.25, 0.3) is 0 Å². The molecule has 1 aromatic rings. The highest BCUT2D eigenvalue weighted by atomic mass is 79.9. The molecule has 21 heavy (non-hydrogen) atoms. The molecule has 0 bridgehead atoms. The summed E-state index contributed by atoms with van der Waals surface area (Å²) in [5.74, 6) is -0.822. The van der Waals surface area contributed by atoms with Crippen LogP contribution in [-0.4, -0.2) is 34.4 Å². The molecule has 0 unspecified atom stereocenters. The number of halogens is 3. The summed E-state index contributed by atoms with van der Waals surface area (Å²) in [5.41, 5.74) is 0.924. The van der Waals surface area contributed by atoms with Gasteiger partial charge in [-0.05, 0) is 27.9 Å². The minimum atomic E-state index is -3.29. The SMILES string of the molecule is O=C(C=CC(F)(F)Br)N1C(=O)OC[C@@H]1Cc1ccccc1. The van der Waals surface area contributed by atoms with Crippen LogP contribution < -0.4 is 0 Å². The van der Waals surface area contributed by atoms with Crippen LogP contribution in [0.4, 0.5) is 13.6 Å². The van der Waals surface area contributed by atoms with Gasteiger partial charge in [-0.15, -0.1) is 0 Å². The van der Waals surface area contributed by atoms with Crippen molar-refractivity contribution in [2.24, 2.45) is 0 Å². The molecule has 0 saturated carbocycles. The summed E-state index contributed by atoms with van der Waals surface area (Å²) in [5, 5.41) is 0. The second-order valence-corrected chi connectivity index (χ2v) is 5.56. The van der Waals surface area contributed by atoms with E-state index in [1.165, 1.54) is 0 Å². The second-order valence-electron chi connectivity index (χ2n) is 4.50. The summed E-state index contributed by atoms with van der Waals surface area (Å²) in [7, 11) is 0. The zero-order chi connectivity index (χ0) is 15.5. The van der Waals surface area contributed by atoms with Gasteiger partial charge in [-0.3, -0.25) is 4.79 Å². The third-order valence-electron chi connectivity index (χ3n) is 2.93. The van der Waals surface area contributed by atoms with Crippen LogP contribution in [0.1, 0.15) is 5.56 Å². The van der Waals surface area contributed by atoms with Gasteiger partial charge in [0.1, 0.15) is 6.61 Å². The van der Waals surface area contributed by atoms with Gasteiger partial charge < -0.3 is 4.74 Å². The average molecular weight is 360 g/mol. The van der Waals surface area contributed by atoms with Crippen molar-refractivity contribution in [2.45, 2.75) is 17.3 Å². The van der Waals surface area contributed by atoms with Crippen LogP contribution in [0.2, 0.25) is 0 Å². The Bertz CT molecular complexity index is 557. The maximum Gasteiger partial charge on any atom is 0.417 e. The summed E-state index contributed by atoms with van der Waals surface area (Å²) in [4.78, 5) is 21.1. The normalized spacial score (nSPS) is 19.1. The van der Waals surface area contributed by atoms with Crippen molar-refractivity contribution in [1.29, 1.82) is 0 Å². The standard InChI is InChI=1S/C14H12BrF2NO3/c15-14(16,17)7-6-12(19)18-11(9-21-13(18)20)8-10-4-2-1-3-5-10/h1-7,11H,8-9H2/t11-/m0/s1. The molecule has 1 aliphatic rings. The zero-order valence-electron chi connectivity index (χ0n) is 10.8. The van der Waals surface area contributed by atoms with Crippen molar-refractivity contribution in [3.05, 3.63) is 48.0 Å². The highest BCUT2D eigenvalue weighted by Gasteiger charge is 2.37. The van der Waals surface area contributed by atoms with Gasteiger partial charge in [0.25, 0.3) is 5.91 Å². The van der Waals surface area contributed by atoms with E-state index in [0.717, 1.165) is 10.5 Å². The Kier molecular flexibility index (Phi) is 4.72. The van der Waals surface area contributed by atoms with Gasteiger partial charge in [-0.2, -0.15) is 8.78 Å². The fraction of sp³-hybridized carbons (Fsp3) is 0.286. The first-order chi connectivity index (χ1) is 9.87. The van der Waals surface area contributed by atoms with Crippen molar-refractivity contribution in [3.63, 3.8) is 0 Å². The zero-order valence-corrected chi connectivity index (χ0v) is 12.4. The van der Waals surface area contributed by atoms with Crippen molar-refractivity contribution in [2.75, 3.05) is 6.61 Å². The van der Waals surface area contributed by atoms with Gasteiger partial charge in [-0.1, -0.05) is 30.3 Å². The molecule has 0 aromatic heterocycles. The molecule has 0 spiro atoms. The highest BCUT2D eigenvalue weighted by molar-refractivity contribution is 9.10. The van der Waals surface area contributed by atoms with Crippen LogP contribution in [-0.2, 0) is 16.0 Å². The fourth-order valence-electron chi connectivity index (χ4n) is 2.01. The molecule has 112 valence electrons. The van der Waals surface area contributed by atoms with E-state index >= 15 is 0 Å². The number of allylic oxidation sites excluding steroid dienone is 1. The number of hydrogen-bond donors (Lipinski definition) is 0. The lowest BCUT2D eigenvalue weighted by atomic mass is 10.1. The van der Waals surface area contributed by atoms with E-state index in [9.17, 15) is 18.4 Å². The molecule has 1 aliphatic heterocycles. The molecule has 2 rings (SSSR count). The second kappa shape index (κ2) is 6.34. The van der Waals surface area contributed by atoms with Gasteiger partial charge in [0.15, 0.2) is 0 Å². The number of nitrogens with zero attached hydrogens (tertiary/aromatic N) is 1. The summed E-state index contributed by atoms with van der Waals surface area (Å²) >= 11 is 2.09. The van der Waals surface area contributed by atoms with Crippen LogP contribution >= 0.6 is 15.9 Å². The Morgan fingerprint density at radius 2 is 2.10 bits per heavy atom. The number of carbonyl (C=O) groups is 2. The van der Waals surface area contributed by atoms with Crippen LogP contribution in [0, 0.1) is 0 Å². The highest BCUT2D eigenvalue weighted by Crippen LogP contribution is 2.24. The number of cyclic esters (lactones) is 1.